The summed E-state index contributed by atoms with van der Waals surface area (Å²) >= 11 is 1.74. The van der Waals surface area contributed by atoms with E-state index in [0.717, 1.165) is 35.6 Å². The molecule has 3 aromatic rings. The number of fused-ring (bicyclic) bond motifs is 1. The van der Waals surface area contributed by atoms with Gasteiger partial charge in [0.2, 0.25) is 0 Å². The maximum absolute atomic E-state index is 10.8. The summed E-state index contributed by atoms with van der Waals surface area (Å²) in [7, 11) is 0. The van der Waals surface area contributed by atoms with Crippen molar-refractivity contribution in [2.75, 3.05) is 11.4 Å². The summed E-state index contributed by atoms with van der Waals surface area (Å²) in [5, 5.41) is 11.9. The molecule has 1 saturated heterocycles. The molecular weight excluding hydrogens is 310 g/mol. The average molecular weight is 325 g/mol. The monoisotopic (exact) mass is 325 g/mol. The number of hydrogen-bond donors (Lipinski definition) is 0. The number of hydrogen-bond acceptors (Lipinski definition) is 5. The fourth-order valence-corrected chi connectivity index (χ4v) is 4.25. The van der Waals surface area contributed by atoms with Crippen molar-refractivity contribution in [1.29, 1.82) is 0 Å². The maximum atomic E-state index is 10.8. The van der Waals surface area contributed by atoms with Crippen LogP contribution in [0.1, 0.15) is 23.9 Å². The van der Waals surface area contributed by atoms with Crippen LogP contribution in [0.5, 0.6) is 0 Å². The Morgan fingerprint density at radius 3 is 2.70 bits per heavy atom. The number of nitro benzene ring substituents is 1. The molecule has 2 aromatic carbocycles. The van der Waals surface area contributed by atoms with Gasteiger partial charge >= 0.3 is 0 Å². The number of para-hydroxylation sites is 1. The van der Waals surface area contributed by atoms with Crippen LogP contribution in [-0.2, 0) is 0 Å². The molecule has 0 amide bonds. The highest BCUT2D eigenvalue weighted by molar-refractivity contribution is 7.18. The summed E-state index contributed by atoms with van der Waals surface area (Å²) in [6.45, 7) is 0.957. The van der Waals surface area contributed by atoms with Crippen molar-refractivity contribution >= 4 is 32.9 Å². The number of rotatable bonds is 3. The third-order valence-electron chi connectivity index (χ3n) is 4.24. The van der Waals surface area contributed by atoms with E-state index >= 15 is 0 Å². The molecule has 1 aliphatic rings. The topological polar surface area (TPSA) is 59.3 Å². The van der Waals surface area contributed by atoms with Gasteiger partial charge in [-0.15, -0.1) is 11.3 Å². The third kappa shape index (κ3) is 2.55. The highest BCUT2D eigenvalue weighted by Gasteiger charge is 2.29. The first kappa shape index (κ1) is 14.1. The van der Waals surface area contributed by atoms with Crippen LogP contribution in [0.25, 0.3) is 10.2 Å². The van der Waals surface area contributed by atoms with E-state index in [-0.39, 0.29) is 16.7 Å². The number of benzene rings is 2. The molecule has 6 heteroatoms. The Kier molecular flexibility index (Phi) is 3.46. The van der Waals surface area contributed by atoms with Crippen molar-refractivity contribution in [2.45, 2.75) is 18.9 Å². The van der Waals surface area contributed by atoms with Gasteiger partial charge in [0.05, 0.1) is 21.2 Å². The van der Waals surface area contributed by atoms with Crippen molar-refractivity contribution in [1.82, 2.24) is 4.98 Å². The quantitative estimate of drug-likeness (QED) is 0.524. The third-order valence-corrected chi connectivity index (χ3v) is 5.38. The van der Waals surface area contributed by atoms with Gasteiger partial charge in [-0.3, -0.25) is 10.1 Å². The molecule has 1 aliphatic heterocycles. The summed E-state index contributed by atoms with van der Waals surface area (Å²) in [5.74, 6) is 0. The van der Waals surface area contributed by atoms with Crippen molar-refractivity contribution < 1.29 is 4.92 Å². The van der Waals surface area contributed by atoms with Crippen LogP contribution < -0.4 is 4.90 Å². The van der Waals surface area contributed by atoms with Crippen LogP contribution in [0, 0.1) is 10.1 Å². The molecule has 0 bridgehead atoms. The van der Waals surface area contributed by atoms with Crippen LogP contribution in [0.3, 0.4) is 0 Å². The van der Waals surface area contributed by atoms with Crippen LogP contribution in [0.2, 0.25) is 0 Å². The SMILES string of the molecule is O=[N+]([O-])c1ccc(N2CCCC2c2nc3ccccc3s2)cc1. The van der Waals surface area contributed by atoms with E-state index in [0.29, 0.717) is 0 Å². The normalized spacial score (nSPS) is 17.7. The lowest BCUT2D eigenvalue weighted by Crippen LogP contribution is -2.22. The van der Waals surface area contributed by atoms with Crippen LogP contribution >= 0.6 is 11.3 Å². The molecule has 23 heavy (non-hydrogen) atoms. The van der Waals surface area contributed by atoms with Gasteiger partial charge in [0.25, 0.3) is 5.69 Å². The van der Waals surface area contributed by atoms with Crippen molar-refractivity contribution in [2.24, 2.45) is 0 Å². The van der Waals surface area contributed by atoms with Crippen molar-refractivity contribution in [3.63, 3.8) is 0 Å². The van der Waals surface area contributed by atoms with Gasteiger partial charge in [-0.1, -0.05) is 12.1 Å². The van der Waals surface area contributed by atoms with E-state index in [1.54, 1.807) is 23.5 Å². The molecule has 0 N–H and O–H groups in total. The van der Waals surface area contributed by atoms with E-state index in [9.17, 15) is 10.1 Å². The Morgan fingerprint density at radius 1 is 1.17 bits per heavy atom. The van der Waals surface area contributed by atoms with Gasteiger partial charge in [0.1, 0.15) is 5.01 Å². The van der Waals surface area contributed by atoms with Gasteiger partial charge in [-0.05, 0) is 37.1 Å². The molecule has 1 unspecified atom stereocenters. The molecular formula is C17H15N3O2S. The van der Waals surface area contributed by atoms with Gasteiger partial charge in [-0.25, -0.2) is 4.98 Å². The van der Waals surface area contributed by atoms with Gasteiger partial charge < -0.3 is 4.90 Å². The van der Waals surface area contributed by atoms with E-state index in [2.05, 4.69) is 11.0 Å². The van der Waals surface area contributed by atoms with Gasteiger partial charge in [0, 0.05) is 24.4 Å². The van der Waals surface area contributed by atoms with E-state index in [1.807, 2.05) is 30.3 Å². The van der Waals surface area contributed by atoms with Crippen molar-refractivity contribution in [3.8, 4) is 0 Å². The lowest BCUT2D eigenvalue weighted by molar-refractivity contribution is -0.384. The van der Waals surface area contributed by atoms with Gasteiger partial charge in [0.15, 0.2) is 0 Å². The summed E-state index contributed by atoms with van der Waals surface area (Å²) in [5.41, 5.74) is 2.20. The van der Waals surface area contributed by atoms with Crippen molar-refractivity contribution in [3.05, 3.63) is 63.7 Å². The lowest BCUT2D eigenvalue weighted by Gasteiger charge is -2.25. The molecule has 1 aromatic heterocycles. The van der Waals surface area contributed by atoms with Crippen LogP contribution in [0.4, 0.5) is 11.4 Å². The Balaban J connectivity index is 1.66. The summed E-state index contributed by atoms with van der Waals surface area (Å²) < 4.78 is 1.21. The zero-order valence-electron chi connectivity index (χ0n) is 12.4. The fraction of sp³-hybridized carbons (Fsp3) is 0.235. The number of nitro groups is 1. The predicted octanol–water partition coefficient (Wildman–Crippen LogP) is 4.55. The summed E-state index contributed by atoms with van der Waals surface area (Å²) in [6.07, 6.45) is 2.17. The first-order chi connectivity index (χ1) is 11.2. The van der Waals surface area contributed by atoms with Crippen LogP contribution in [0.15, 0.2) is 48.5 Å². The second kappa shape index (κ2) is 5.62. The van der Waals surface area contributed by atoms with E-state index < -0.39 is 0 Å². The Bertz CT molecular complexity index is 827. The molecule has 0 radical (unpaired) electrons. The van der Waals surface area contributed by atoms with Crippen LogP contribution in [-0.4, -0.2) is 16.5 Å². The molecule has 0 saturated carbocycles. The minimum atomic E-state index is -0.362. The smallest absolute Gasteiger partial charge is 0.269 e. The highest BCUT2D eigenvalue weighted by atomic mass is 32.1. The lowest BCUT2D eigenvalue weighted by atomic mass is 10.2. The molecule has 2 heterocycles. The van der Waals surface area contributed by atoms with Gasteiger partial charge in [-0.2, -0.15) is 0 Å². The minimum absolute atomic E-state index is 0.129. The number of thiazole rings is 1. The number of anilines is 1. The molecule has 1 fully saturated rings. The average Bonchev–Trinajstić information content (AvgIpc) is 3.21. The molecule has 5 nitrogen and oxygen atoms in total. The second-order valence-corrected chi connectivity index (χ2v) is 6.71. The number of non-ortho nitro benzene ring substituents is 1. The molecule has 4 rings (SSSR count). The number of nitrogens with zero attached hydrogens (tertiary/aromatic N) is 3. The fourth-order valence-electron chi connectivity index (χ4n) is 3.13. The minimum Gasteiger partial charge on any atom is -0.362 e. The Labute approximate surface area is 137 Å². The standard InChI is InChI=1S/C17H15N3O2S/c21-20(22)13-9-7-12(8-10-13)19-11-3-5-15(19)17-18-14-4-1-2-6-16(14)23-17/h1-2,4,6-10,15H,3,5,11H2. The largest absolute Gasteiger partial charge is 0.362 e. The second-order valence-electron chi connectivity index (χ2n) is 5.64. The number of aromatic nitrogens is 1. The first-order valence-electron chi connectivity index (χ1n) is 7.59. The van der Waals surface area contributed by atoms with E-state index in [4.69, 9.17) is 4.98 Å². The Morgan fingerprint density at radius 2 is 1.96 bits per heavy atom. The molecule has 116 valence electrons. The molecule has 0 spiro atoms. The zero-order chi connectivity index (χ0) is 15.8. The highest BCUT2D eigenvalue weighted by Crippen LogP contribution is 2.39. The molecule has 0 aliphatic carbocycles. The predicted molar refractivity (Wildman–Crippen MR) is 92.0 cm³/mol. The summed E-state index contributed by atoms with van der Waals surface area (Å²) in [6, 6.07) is 15.3. The van der Waals surface area contributed by atoms with E-state index in [1.165, 1.54) is 4.70 Å². The summed E-state index contributed by atoms with van der Waals surface area (Å²) in [4.78, 5) is 17.5. The zero-order valence-corrected chi connectivity index (χ0v) is 13.2. The maximum Gasteiger partial charge on any atom is 0.269 e. The first-order valence-corrected chi connectivity index (χ1v) is 8.40. The molecule has 1 atom stereocenters. The Hall–Kier alpha value is -2.47.